The van der Waals surface area contributed by atoms with Gasteiger partial charge in [-0.2, -0.15) is 9.78 Å². The number of amides is 1. The normalized spacial score (nSPS) is 17.9. The third-order valence-electron chi connectivity index (χ3n) is 3.58. The Morgan fingerprint density at radius 3 is 2.71 bits per heavy atom. The van der Waals surface area contributed by atoms with Crippen molar-refractivity contribution in [2.45, 2.75) is 18.9 Å². The summed E-state index contributed by atoms with van der Waals surface area (Å²) in [6.45, 7) is 0.889. The molecule has 0 spiro atoms. The van der Waals surface area contributed by atoms with E-state index in [1.165, 1.54) is 15.6 Å². The van der Waals surface area contributed by atoms with Gasteiger partial charge >= 0.3 is 5.69 Å². The van der Waals surface area contributed by atoms with Crippen LogP contribution in [0.3, 0.4) is 0 Å². The van der Waals surface area contributed by atoms with Crippen LogP contribution in [0.1, 0.15) is 12.8 Å². The van der Waals surface area contributed by atoms with Gasteiger partial charge in [-0.3, -0.25) is 9.36 Å². The molecule has 1 saturated heterocycles. The number of carbonyl (C=O) groups is 1. The zero-order chi connectivity index (χ0) is 14.8. The molecule has 2 N–H and O–H groups in total. The van der Waals surface area contributed by atoms with Crippen molar-refractivity contribution in [2.75, 3.05) is 11.9 Å². The van der Waals surface area contributed by atoms with Crippen molar-refractivity contribution in [2.24, 2.45) is 7.05 Å². The highest BCUT2D eigenvalue weighted by atomic mass is 16.2. The zero-order valence-corrected chi connectivity index (χ0v) is 11.7. The van der Waals surface area contributed by atoms with E-state index in [4.69, 9.17) is 0 Å². The molecule has 0 radical (unpaired) electrons. The summed E-state index contributed by atoms with van der Waals surface area (Å²) >= 11 is 0. The lowest BCUT2D eigenvalue weighted by Gasteiger charge is -2.11. The summed E-state index contributed by atoms with van der Waals surface area (Å²) in [5, 5.41) is 10.0. The molecule has 1 aromatic carbocycles. The number of nitrogens with one attached hydrogen (secondary N) is 2. The quantitative estimate of drug-likeness (QED) is 0.848. The highest BCUT2D eigenvalue weighted by Crippen LogP contribution is 2.13. The molecule has 0 bridgehead atoms. The van der Waals surface area contributed by atoms with Gasteiger partial charge in [0.25, 0.3) is 0 Å². The zero-order valence-electron chi connectivity index (χ0n) is 11.7. The number of carbonyl (C=O) groups excluding carboxylic acids is 1. The van der Waals surface area contributed by atoms with Crippen LogP contribution in [0.5, 0.6) is 0 Å². The summed E-state index contributed by atoms with van der Waals surface area (Å²) in [7, 11) is 1.65. The standard InChI is InChI=1S/C14H17N5O2/c1-18-9-16-19(14(18)21)11-6-4-10(5-7-11)17-13(20)12-3-2-8-15-12/h4-7,9,12,15H,2-3,8H2,1H3,(H,17,20)/t12-/m0/s1. The first-order valence-corrected chi connectivity index (χ1v) is 6.90. The monoisotopic (exact) mass is 287 g/mol. The van der Waals surface area contributed by atoms with E-state index in [0.29, 0.717) is 11.4 Å². The SMILES string of the molecule is Cn1cnn(-c2ccc(NC(=O)[C@@H]3CCCN3)cc2)c1=O. The van der Waals surface area contributed by atoms with Gasteiger partial charge in [-0.1, -0.05) is 0 Å². The number of benzene rings is 1. The van der Waals surface area contributed by atoms with Crippen molar-refractivity contribution < 1.29 is 4.79 Å². The lowest BCUT2D eigenvalue weighted by atomic mass is 10.2. The molecule has 2 heterocycles. The Morgan fingerprint density at radius 1 is 1.38 bits per heavy atom. The number of rotatable bonds is 3. The van der Waals surface area contributed by atoms with Crippen LogP contribution in [0.15, 0.2) is 35.4 Å². The average molecular weight is 287 g/mol. The van der Waals surface area contributed by atoms with E-state index in [2.05, 4.69) is 15.7 Å². The average Bonchev–Trinajstić information content (AvgIpc) is 3.12. The van der Waals surface area contributed by atoms with Gasteiger partial charge < -0.3 is 10.6 Å². The van der Waals surface area contributed by atoms with Gasteiger partial charge in [0.15, 0.2) is 0 Å². The Kier molecular flexibility index (Phi) is 3.57. The van der Waals surface area contributed by atoms with E-state index in [-0.39, 0.29) is 17.6 Å². The van der Waals surface area contributed by atoms with Gasteiger partial charge in [0, 0.05) is 12.7 Å². The summed E-state index contributed by atoms with van der Waals surface area (Å²) in [5.41, 5.74) is 1.17. The molecule has 110 valence electrons. The van der Waals surface area contributed by atoms with Crippen LogP contribution in [0.2, 0.25) is 0 Å². The van der Waals surface area contributed by atoms with Crippen LogP contribution in [0, 0.1) is 0 Å². The molecule has 1 aliphatic heterocycles. The topological polar surface area (TPSA) is 81.0 Å². The van der Waals surface area contributed by atoms with Gasteiger partial charge in [-0.05, 0) is 43.7 Å². The van der Waals surface area contributed by atoms with E-state index in [0.717, 1.165) is 19.4 Å². The molecule has 1 aromatic heterocycles. The highest BCUT2D eigenvalue weighted by Gasteiger charge is 2.21. The molecule has 3 rings (SSSR count). The molecule has 0 aliphatic carbocycles. The first kappa shape index (κ1) is 13.6. The van der Waals surface area contributed by atoms with Crippen molar-refractivity contribution >= 4 is 11.6 Å². The van der Waals surface area contributed by atoms with E-state index in [9.17, 15) is 9.59 Å². The third kappa shape index (κ3) is 2.73. The molecule has 0 unspecified atom stereocenters. The summed E-state index contributed by atoms with van der Waals surface area (Å²) in [6.07, 6.45) is 3.36. The van der Waals surface area contributed by atoms with E-state index in [1.807, 2.05) is 0 Å². The summed E-state index contributed by atoms with van der Waals surface area (Å²) in [4.78, 5) is 23.8. The molecule has 1 amide bonds. The van der Waals surface area contributed by atoms with Crippen molar-refractivity contribution in [3.8, 4) is 5.69 Å². The minimum atomic E-state index is -0.207. The van der Waals surface area contributed by atoms with Crippen molar-refractivity contribution in [1.29, 1.82) is 0 Å². The largest absolute Gasteiger partial charge is 0.350 e. The molecule has 1 aliphatic rings. The predicted octanol–water partition coefficient (Wildman–Crippen LogP) is 0.261. The fourth-order valence-electron chi connectivity index (χ4n) is 2.38. The van der Waals surface area contributed by atoms with E-state index >= 15 is 0 Å². The second-order valence-corrected chi connectivity index (χ2v) is 5.12. The Bertz CT molecular complexity index is 695. The van der Waals surface area contributed by atoms with Crippen LogP contribution in [-0.2, 0) is 11.8 Å². The molecule has 2 aromatic rings. The van der Waals surface area contributed by atoms with Crippen molar-refractivity contribution in [3.63, 3.8) is 0 Å². The number of nitrogens with zero attached hydrogens (tertiary/aromatic N) is 3. The van der Waals surface area contributed by atoms with Crippen LogP contribution in [0.4, 0.5) is 5.69 Å². The maximum Gasteiger partial charge on any atom is 0.350 e. The lowest BCUT2D eigenvalue weighted by Crippen LogP contribution is -2.35. The minimum absolute atomic E-state index is 0.0183. The van der Waals surface area contributed by atoms with Gasteiger partial charge in [-0.15, -0.1) is 0 Å². The lowest BCUT2D eigenvalue weighted by molar-refractivity contribution is -0.117. The minimum Gasteiger partial charge on any atom is -0.325 e. The maximum atomic E-state index is 12.0. The second-order valence-electron chi connectivity index (χ2n) is 5.12. The first-order chi connectivity index (χ1) is 10.1. The summed E-state index contributed by atoms with van der Waals surface area (Å²) in [5.74, 6) is -0.0183. The van der Waals surface area contributed by atoms with Gasteiger partial charge in [0.2, 0.25) is 5.91 Å². The molecular formula is C14H17N5O2. The Hall–Kier alpha value is -2.41. The number of anilines is 1. The first-order valence-electron chi connectivity index (χ1n) is 6.90. The van der Waals surface area contributed by atoms with Gasteiger partial charge in [0.05, 0.1) is 11.7 Å². The molecule has 7 nitrogen and oxygen atoms in total. The summed E-state index contributed by atoms with van der Waals surface area (Å²) in [6, 6.07) is 6.94. The fraction of sp³-hybridized carbons (Fsp3) is 0.357. The highest BCUT2D eigenvalue weighted by molar-refractivity contribution is 5.95. The Labute approximate surface area is 121 Å². The van der Waals surface area contributed by atoms with E-state index < -0.39 is 0 Å². The molecule has 7 heteroatoms. The number of aromatic nitrogens is 3. The van der Waals surface area contributed by atoms with Crippen molar-refractivity contribution in [3.05, 3.63) is 41.1 Å². The molecule has 21 heavy (non-hydrogen) atoms. The smallest absolute Gasteiger partial charge is 0.325 e. The summed E-state index contributed by atoms with van der Waals surface area (Å²) < 4.78 is 2.71. The number of hydrogen-bond acceptors (Lipinski definition) is 4. The fourth-order valence-corrected chi connectivity index (χ4v) is 2.38. The van der Waals surface area contributed by atoms with E-state index in [1.54, 1.807) is 31.3 Å². The third-order valence-corrected chi connectivity index (χ3v) is 3.58. The molecule has 1 atom stereocenters. The Morgan fingerprint density at radius 2 is 2.14 bits per heavy atom. The maximum absolute atomic E-state index is 12.0. The number of aryl methyl sites for hydroxylation is 1. The molecule has 0 saturated carbocycles. The second kappa shape index (κ2) is 5.53. The van der Waals surface area contributed by atoms with Crippen molar-refractivity contribution in [1.82, 2.24) is 19.7 Å². The molecular weight excluding hydrogens is 270 g/mol. The molecule has 1 fully saturated rings. The van der Waals surface area contributed by atoms with Gasteiger partial charge in [-0.25, -0.2) is 4.79 Å². The van der Waals surface area contributed by atoms with Crippen LogP contribution in [-0.4, -0.2) is 32.8 Å². The van der Waals surface area contributed by atoms with Gasteiger partial charge in [0.1, 0.15) is 6.33 Å². The van der Waals surface area contributed by atoms with Crippen LogP contribution >= 0.6 is 0 Å². The predicted molar refractivity (Wildman–Crippen MR) is 78.5 cm³/mol. The number of hydrogen-bond donors (Lipinski definition) is 2. The van der Waals surface area contributed by atoms with Crippen LogP contribution in [0.25, 0.3) is 5.69 Å². The van der Waals surface area contributed by atoms with Crippen LogP contribution < -0.4 is 16.3 Å². The Balaban J connectivity index is 1.73.